The number of ether oxygens (including phenoxy) is 1. The molecule has 1 aliphatic rings. The van der Waals surface area contributed by atoms with E-state index < -0.39 is 5.41 Å². The summed E-state index contributed by atoms with van der Waals surface area (Å²) in [5, 5.41) is 15.2. The predicted molar refractivity (Wildman–Crippen MR) is 117 cm³/mol. The van der Waals surface area contributed by atoms with Gasteiger partial charge in [-0.1, -0.05) is 42.5 Å². The maximum absolute atomic E-state index is 13.2. The molecule has 1 fully saturated rings. The normalized spacial score (nSPS) is 18.8. The van der Waals surface area contributed by atoms with Crippen molar-refractivity contribution in [1.82, 2.24) is 10.1 Å². The zero-order valence-corrected chi connectivity index (χ0v) is 17.9. The molecular formula is C24H25N3O5. The minimum atomic E-state index is -0.800. The summed E-state index contributed by atoms with van der Waals surface area (Å²) in [7, 11) is 0. The number of likely N-dealkylation sites (tertiary alicyclic amines) is 1. The minimum Gasteiger partial charge on any atom is -0.466 e. The van der Waals surface area contributed by atoms with E-state index in [1.54, 1.807) is 17.9 Å². The number of aromatic nitrogens is 2. The number of fused-ring (bicyclic) bond motifs is 1. The molecule has 4 rings (SSSR count). The second kappa shape index (κ2) is 9.21. The van der Waals surface area contributed by atoms with Gasteiger partial charge in [0, 0.05) is 29.9 Å². The Labute approximate surface area is 185 Å². The van der Waals surface area contributed by atoms with Gasteiger partial charge >= 0.3 is 5.97 Å². The van der Waals surface area contributed by atoms with Crippen LogP contribution < -0.4 is 4.90 Å². The molecule has 0 spiro atoms. The number of esters is 1. The maximum atomic E-state index is 13.2. The molecule has 1 atom stereocenters. The largest absolute Gasteiger partial charge is 0.466 e. The van der Waals surface area contributed by atoms with Gasteiger partial charge in [0.1, 0.15) is 0 Å². The first-order valence-electron chi connectivity index (χ1n) is 10.7. The van der Waals surface area contributed by atoms with Crippen molar-refractivity contribution < 1.29 is 23.9 Å². The first kappa shape index (κ1) is 21.5. The summed E-state index contributed by atoms with van der Waals surface area (Å²) in [6.45, 7) is 2.88. The van der Waals surface area contributed by atoms with Gasteiger partial charge in [-0.2, -0.15) is 0 Å². The van der Waals surface area contributed by atoms with Crippen molar-refractivity contribution in [1.29, 1.82) is 0 Å². The average Bonchev–Trinajstić information content (AvgIpc) is 3.19. The summed E-state index contributed by atoms with van der Waals surface area (Å²) in [6.07, 6.45) is 5.78. The smallest absolute Gasteiger partial charge is 0.314 e. The van der Waals surface area contributed by atoms with E-state index in [2.05, 4.69) is 9.79 Å². The van der Waals surface area contributed by atoms with E-state index >= 15 is 0 Å². The summed E-state index contributed by atoms with van der Waals surface area (Å²) in [5.74, 6) is -0.498. The molecular weight excluding hydrogens is 410 g/mol. The number of rotatable bonds is 6. The zero-order chi connectivity index (χ0) is 22.6. The Kier molecular flexibility index (Phi) is 6.20. The summed E-state index contributed by atoms with van der Waals surface area (Å²) in [4.78, 5) is 28.2. The number of piperidine rings is 1. The number of hydrogen-bond donors (Lipinski definition) is 0. The van der Waals surface area contributed by atoms with Crippen molar-refractivity contribution in [3.05, 3.63) is 70.9 Å². The lowest BCUT2D eigenvalue weighted by Crippen LogP contribution is -2.50. The number of benzene rings is 2. The Morgan fingerprint density at radius 2 is 2.09 bits per heavy atom. The fourth-order valence-electron chi connectivity index (χ4n) is 4.18. The lowest BCUT2D eigenvalue weighted by molar-refractivity contribution is -0.782. The van der Waals surface area contributed by atoms with E-state index in [0.29, 0.717) is 41.8 Å². The van der Waals surface area contributed by atoms with Gasteiger partial charge in [-0.3, -0.25) is 14.2 Å². The quantitative estimate of drug-likeness (QED) is 0.435. The van der Waals surface area contributed by atoms with Crippen LogP contribution in [-0.4, -0.2) is 41.6 Å². The van der Waals surface area contributed by atoms with Crippen LogP contribution in [0, 0.1) is 10.6 Å². The summed E-state index contributed by atoms with van der Waals surface area (Å²) in [6, 6.07) is 14.5. The van der Waals surface area contributed by atoms with Crippen LogP contribution in [0.3, 0.4) is 0 Å². The summed E-state index contributed by atoms with van der Waals surface area (Å²) < 4.78 is 10.00. The molecule has 3 aromatic rings. The Morgan fingerprint density at radius 3 is 2.88 bits per heavy atom. The molecule has 1 unspecified atom stereocenters. The van der Waals surface area contributed by atoms with Crippen LogP contribution in [0.4, 0.5) is 0 Å². The molecule has 1 aliphatic heterocycles. The topological polar surface area (TPSA) is 99.6 Å². The number of nitrogens with zero attached hydrogens (tertiary/aromatic N) is 3. The van der Waals surface area contributed by atoms with Crippen molar-refractivity contribution in [2.45, 2.75) is 26.2 Å². The molecule has 0 saturated carbocycles. The second-order valence-corrected chi connectivity index (χ2v) is 7.98. The van der Waals surface area contributed by atoms with E-state index in [9.17, 15) is 14.8 Å². The first-order valence-corrected chi connectivity index (χ1v) is 10.7. The van der Waals surface area contributed by atoms with Crippen LogP contribution in [-0.2, 0) is 9.53 Å². The van der Waals surface area contributed by atoms with Gasteiger partial charge in [0.05, 0.1) is 12.0 Å². The zero-order valence-electron chi connectivity index (χ0n) is 17.9. The van der Waals surface area contributed by atoms with Crippen LogP contribution >= 0.6 is 0 Å². The maximum Gasteiger partial charge on any atom is 0.314 e. The molecule has 0 N–H and O–H groups in total. The van der Waals surface area contributed by atoms with Crippen LogP contribution in [0.1, 0.15) is 42.1 Å². The highest BCUT2D eigenvalue weighted by Gasteiger charge is 2.44. The molecule has 2 heterocycles. The molecule has 2 aromatic carbocycles. The molecule has 8 nitrogen and oxygen atoms in total. The van der Waals surface area contributed by atoms with Gasteiger partial charge in [0.25, 0.3) is 5.91 Å². The van der Waals surface area contributed by atoms with Gasteiger partial charge in [0.2, 0.25) is 11.0 Å². The Hall–Kier alpha value is -3.68. The van der Waals surface area contributed by atoms with Crippen LogP contribution in [0.15, 0.2) is 59.2 Å². The van der Waals surface area contributed by atoms with Gasteiger partial charge in [-0.25, -0.2) is 0 Å². The van der Waals surface area contributed by atoms with Gasteiger partial charge in [-0.05, 0) is 48.8 Å². The first-order chi connectivity index (χ1) is 15.5. The molecule has 0 radical (unpaired) electrons. The molecule has 1 aromatic heterocycles. The lowest BCUT2D eigenvalue weighted by atomic mass is 9.76. The Balaban J connectivity index is 1.56. The number of carbonyl (C=O) groups excluding carboxylic acids is 2. The molecule has 0 bridgehead atoms. The van der Waals surface area contributed by atoms with Gasteiger partial charge in [-0.15, -0.1) is 0 Å². The van der Waals surface area contributed by atoms with Crippen molar-refractivity contribution >= 4 is 29.0 Å². The van der Waals surface area contributed by atoms with E-state index in [4.69, 9.17) is 4.74 Å². The standard InChI is InChI=1S/C24H25N3O5/c1-2-31-23(29)24(13-6-10-18-8-4-3-5-9-18)14-7-15-26(17-24)22(28)19-11-12-21-20(16-19)25-32-27(21)30/h3-6,8-12,16H,2,7,13-15,17H2,1H3. The predicted octanol–water partition coefficient (Wildman–Crippen LogP) is 3.35. The monoisotopic (exact) mass is 435 g/mol. The lowest BCUT2D eigenvalue weighted by Gasteiger charge is -2.40. The molecule has 8 heteroatoms. The molecule has 32 heavy (non-hydrogen) atoms. The molecule has 0 aliphatic carbocycles. The van der Waals surface area contributed by atoms with Crippen molar-refractivity contribution in [2.75, 3.05) is 19.7 Å². The highest BCUT2D eigenvalue weighted by molar-refractivity contribution is 5.97. The minimum absolute atomic E-state index is 0.215. The van der Waals surface area contributed by atoms with Crippen LogP contribution in [0.25, 0.3) is 17.1 Å². The molecule has 1 amide bonds. The van der Waals surface area contributed by atoms with E-state index in [0.717, 1.165) is 5.56 Å². The summed E-state index contributed by atoms with van der Waals surface area (Å²) in [5.41, 5.74) is 1.21. The third-order valence-corrected chi connectivity index (χ3v) is 5.82. The fourth-order valence-corrected chi connectivity index (χ4v) is 4.18. The highest BCUT2D eigenvalue weighted by Crippen LogP contribution is 2.36. The van der Waals surface area contributed by atoms with E-state index in [1.165, 1.54) is 12.1 Å². The van der Waals surface area contributed by atoms with E-state index in [1.807, 2.05) is 42.5 Å². The van der Waals surface area contributed by atoms with Gasteiger partial charge in [0.15, 0.2) is 0 Å². The molecule has 166 valence electrons. The Morgan fingerprint density at radius 1 is 1.28 bits per heavy atom. The number of amides is 1. The fraction of sp³-hybridized carbons (Fsp3) is 0.333. The van der Waals surface area contributed by atoms with Crippen molar-refractivity contribution in [3.8, 4) is 0 Å². The van der Waals surface area contributed by atoms with Crippen molar-refractivity contribution in [2.24, 2.45) is 5.41 Å². The number of hydrogen-bond acceptors (Lipinski definition) is 6. The third kappa shape index (κ3) is 4.34. The third-order valence-electron chi connectivity index (χ3n) is 5.82. The number of carbonyl (C=O) groups is 2. The average molecular weight is 435 g/mol. The highest BCUT2D eigenvalue weighted by atomic mass is 16.8. The van der Waals surface area contributed by atoms with E-state index in [-0.39, 0.29) is 30.5 Å². The number of allylic oxidation sites excluding steroid dienone is 1. The molecule has 1 saturated heterocycles. The van der Waals surface area contributed by atoms with Crippen LogP contribution in [0.5, 0.6) is 0 Å². The SMILES string of the molecule is CCOC(=O)C1(CC=Cc2ccccc2)CCCN(C(=O)c2ccc3c(c2)no[n+]3[O-])C1. The Bertz CT molecular complexity index is 1140. The van der Waals surface area contributed by atoms with Gasteiger partial charge < -0.3 is 14.8 Å². The summed E-state index contributed by atoms with van der Waals surface area (Å²) >= 11 is 0. The second-order valence-electron chi connectivity index (χ2n) is 7.98. The van der Waals surface area contributed by atoms with Crippen LogP contribution in [0.2, 0.25) is 0 Å². The van der Waals surface area contributed by atoms with Crippen molar-refractivity contribution in [3.63, 3.8) is 0 Å².